The van der Waals surface area contributed by atoms with Crippen molar-refractivity contribution in [1.82, 2.24) is 9.29 Å². The highest BCUT2D eigenvalue weighted by Gasteiger charge is 2.25. The van der Waals surface area contributed by atoms with Crippen molar-refractivity contribution in [3.05, 3.63) is 41.7 Å². The molecule has 0 aliphatic heterocycles. The maximum atomic E-state index is 12.2. The molecular formula is C14H14N4O4S. The summed E-state index contributed by atoms with van der Waals surface area (Å²) in [6.07, 6.45) is 1.30. The number of rotatable bonds is 4. The van der Waals surface area contributed by atoms with Gasteiger partial charge < -0.3 is 15.0 Å². The summed E-state index contributed by atoms with van der Waals surface area (Å²) in [4.78, 5) is 11.9. The predicted molar refractivity (Wildman–Crippen MR) is 82.5 cm³/mol. The number of ether oxygens (including phenoxy) is 1. The monoisotopic (exact) mass is 334 g/mol. The topological polar surface area (TPSA) is 127 Å². The van der Waals surface area contributed by atoms with Crippen LogP contribution in [0.5, 0.6) is 0 Å². The lowest BCUT2D eigenvalue weighted by molar-refractivity contribution is 0.0593. The number of carbonyl (C=O) groups is 1. The van der Waals surface area contributed by atoms with Crippen LogP contribution in [0.15, 0.2) is 35.4 Å². The fraction of sp³-hybridized carbons (Fsp3) is 0.143. The zero-order valence-electron chi connectivity index (χ0n) is 12.4. The van der Waals surface area contributed by atoms with E-state index in [-0.39, 0.29) is 27.5 Å². The minimum atomic E-state index is -3.78. The van der Waals surface area contributed by atoms with Crippen LogP contribution >= 0.6 is 0 Å². The SMILES string of the molecule is CNS(=O)(=O)c1ccccc1-n1cc(C#N)c(N)c1C(=O)OC. The van der Waals surface area contributed by atoms with Crippen LogP contribution in [0.4, 0.5) is 5.69 Å². The van der Waals surface area contributed by atoms with Gasteiger partial charge in [-0.15, -0.1) is 0 Å². The molecule has 23 heavy (non-hydrogen) atoms. The van der Waals surface area contributed by atoms with Crippen molar-refractivity contribution in [2.24, 2.45) is 0 Å². The van der Waals surface area contributed by atoms with E-state index < -0.39 is 16.0 Å². The van der Waals surface area contributed by atoms with E-state index in [1.807, 2.05) is 6.07 Å². The molecular weight excluding hydrogens is 320 g/mol. The third-order valence-electron chi connectivity index (χ3n) is 3.23. The Kier molecular flexibility index (Phi) is 4.40. The lowest BCUT2D eigenvalue weighted by atomic mass is 10.2. The maximum Gasteiger partial charge on any atom is 0.357 e. The fourth-order valence-electron chi connectivity index (χ4n) is 2.10. The molecule has 0 fully saturated rings. The molecule has 0 atom stereocenters. The Hall–Kier alpha value is -2.83. The molecule has 120 valence electrons. The highest BCUT2D eigenvalue weighted by Crippen LogP contribution is 2.28. The highest BCUT2D eigenvalue weighted by molar-refractivity contribution is 7.89. The van der Waals surface area contributed by atoms with Crippen molar-refractivity contribution >= 4 is 21.7 Å². The van der Waals surface area contributed by atoms with E-state index in [1.54, 1.807) is 12.1 Å². The van der Waals surface area contributed by atoms with Gasteiger partial charge in [0.25, 0.3) is 0 Å². The van der Waals surface area contributed by atoms with E-state index >= 15 is 0 Å². The summed E-state index contributed by atoms with van der Waals surface area (Å²) in [5, 5.41) is 9.11. The van der Waals surface area contributed by atoms with Crippen molar-refractivity contribution < 1.29 is 17.9 Å². The number of benzene rings is 1. The number of aromatic nitrogens is 1. The molecule has 1 aromatic heterocycles. The van der Waals surface area contributed by atoms with E-state index in [2.05, 4.69) is 9.46 Å². The zero-order chi connectivity index (χ0) is 17.2. The van der Waals surface area contributed by atoms with Crippen LogP contribution in [0.3, 0.4) is 0 Å². The molecule has 0 bridgehead atoms. The van der Waals surface area contributed by atoms with E-state index in [0.29, 0.717) is 0 Å². The van der Waals surface area contributed by atoms with Gasteiger partial charge in [-0.3, -0.25) is 0 Å². The van der Waals surface area contributed by atoms with Crippen LogP contribution in [0.2, 0.25) is 0 Å². The van der Waals surface area contributed by atoms with Gasteiger partial charge in [-0.2, -0.15) is 5.26 Å². The minimum Gasteiger partial charge on any atom is -0.464 e. The second-order valence-corrected chi connectivity index (χ2v) is 6.31. The summed E-state index contributed by atoms with van der Waals surface area (Å²) in [6.45, 7) is 0. The van der Waals surface area contributed by atoms with Gasteiger partial charge in [0, 0.05) is 6.20 Å². The van der Waals surface area contributed by atoms with Gasteiger partial charge in [0.15, 0.2) is 5.69 Å². The number of nitriles is 1. The van der Waals surface area contributed by atoms with Crippen LogP contribution in [0.1, 0.15) is 16.1 Å². The van der Waals surface area contributed by atoms with E-state index in [1.165, 1.54) is 37.1 Å². The number of nitrogen functional groups attached to an aromatic ring is 1. The molecule has 0 unspecified atom stereocenters. The van der Waals surface area contributed by atoms with Crippen molar-refractivity contribution in [3.63, 3.8) is 0 Å². The van der Waals surface area contributed by atoms with Gasteiger partial charge in [-0.1, -0.05) is 12.1 Å². The number of nitrogens with one attached hydrogen (secondary N) is 1. The van der Waals surface area contributed by atoms with Crippen LogP contribution in [-0.4, -0.2) is 33.1 Å². The first-order valence-electron chi connectivity index (χ1n) is 6.39. The predicted octanol–water partition coefficient (Wildman–Crippen LogP) is 0.626. The molecule has 2 rings (SSSR count). The van der Waals surface area contributed by atoms with E-state index in [9.17, 15) is 13.2 Å². The first-order chi connectivity index (χ1) is 10.9. The Morgan fingerprint density at radius 2 is 2.04 bits per heavy atom. The van der Waals surface area contributed by atoms with Gasteiger partial charge in [0.2, 0.25) is 10.0 Å². The number of hydrogen-bond donors (Lipinski definition) is 2. The molecule has 0 aliphatic rings. The maximum absolute atomic E-state index is 12.2. The summed E-state index contributed by atoms with van der Waals surface area (Å²) in [7, 11) is -1.34. The molecule has 1 aromatic carbocycles. The van der Waals surface area contributed by atoms with Crippen LogP contribution in [-0.2, 0) is 14.8 Å². The lowest BCUT2D eigenvalue weighted by Gasteiger charge is -2.13. The molecule has 1 heterocycles. The number of nitrogens with two attached hydrogens (primary N) is 1. The standard InChI is InChI=1S/C14H14N4O4S/c1-17-23(20,21)11-6-4-3-5-10(11)18-8-9(7-15)12(16)13(18)14(19)22-2/h3-6,8,17H,16H2,1-2H3. The van der Waals surface area contributed by atoms with Gasteiger partial charge in [-0.25, -0.2) is 17.9 Å². The normalized spacial score (nSPS) is 11.0. The summed E-state index contributed by atoms with van der Waals surface area (Å²) in [5.41, 5.74) is 5.85. The van der Waals surface area contributed by atoms with Crippen LogP contribution in [0.25, 0.3) is 5.69 Å². The Balaban J connectivity index is 2.84. The first-order valence-corrected chi connectivity index (χ1v) is 7.87. The van der Waals surface area contributed by atoms with Crippen LogP contribution < -0.4 is 10.5 Å². The molecule has 0 aliphatic carbocycles. The number of esters is 1. The van der Waals surface area contributed by atoms with E-state index in [0.717, 1.165) is 0 Å². The minimum absolute atomic E-state index is 0.0436. The molecule has 9 heteroatoms. The molecule has 0 amide bonds. The Morgan fingerprint density at radius 1 is 1.39 bits per heavy atom. The van der Waals surface area contributed by atoms with Gasteiger partial charge >= 0.3 is 5.97 Å². The average molecular weight is 334 g/mol. The Labute approximate surface area is 133 Å². The third-order valence-corrected chi connectivity index (χ3v) is 4.69. The second kappa shape index (κ2) is 6.12. The molecule has 3 N–H and O–H groups in total. The van der Waals surface area contributed by atoms with Gasteiger partial charge in [0.05, 0.1) is 24.0 Å². The number of sulfonamides is 1. The quantitative estimate of drug-likeness (QED) is 0.789. The number of hydrogen-bond acceptors (Lipinski definition) is 6. The zero-order valence-corrected chi connectivity index (χ0v) is 13.2. The third kappa shape index (κ3) is 2.77. The summed E-state index contributed by atoms with van der Waals surface area (Å²) in [6, 6.07) is 7.88. The highest BCUT2D eigenvalue weighted by atomic mass is 32.2. The van der Waals surface area contributed by atoms with Crippen LogP contribution in [0, 0.1) is 11.3 Å². The van der Waals surface area contributed by atoms with Crippen molar-refractivity contribution in [1.29, 1.82) is 5.26 Å². The van der Waals surface area contributed by atoms with Gasteiger partial charge in [0.1, 0.15) is 11.0 Å². The number of methoxy groups -OCH3 is 1. The van der Waals surface area contributed by atoms with Gasteiger partial charge in [-0.05, 0) is 19.2 Å². The van der Waals surface area contributed by atoms with Crippen molar-refractivity contribution in [3.8, 4) is 11.8 Å². The number of nitrogens with zero attached hydrogens (tertiary/aromatic N) is 2. The Morgan fingerprint density at radius 3 is 2.61 bits per heavy atom. The smallest absolute Gasteiger partial charge is 0.357 e. The summed E-state index contributed by atoms with van der Waals surface area (Å²) >= 11 is 0. The fourth-order valence-corrected chi connectivity index (χ4v) is 3.02. The van der Waals surface area contributed by atoms with E-state index in [4.69, 9.17) is 11.0 Å². The molecule has 0 saturated heterocycles. The molecule has 0 radical (unpaired) electrons. The molecule has 0 saturated carbocycles. The molecule has 0 spiro atoms. The first kappa shape index (κ1) is 16.5. The van der Waals surface area contributed by atoms with Crippen molar-refractivity contribution in [2.75, 3.05) is 19.9 Å². The Bertz CT molecular complexity index is 909. The summed E-state index contributed by atoms with van der Waals surface area (Å²) < 4.78 is 32.5. The van der Waals surface area contributed by atoms with Crippen molar-refractivity contribution in [2.45, 2.75) is 4.90 Å². The number of anilines is 1. The lowest BCUT2D eigenvalue weighted by Crippen LogP contribution is -2.21. The largest absolute Gasteiger partial charge is 0.464 e. The molecule has 2 aromatic rings. The average Bonchev–Trinajstić information content (AvgIpc) is 2.90. The second-order valence-electron chi connectivity index (χ2n) is 4.45. The number of para-hydroxylation sites is 1. The summed E-state index contributed by atoms with van der Waals surface area (Å²) in [5.74, 6) is -0.777. The molecule has 8 nitrogen and oxygen atoms in total. The number of carbonyl (C=O) groups excluding carboxylic acids is 1.